The van der Waals surface area contributed by atoms with Crippen molar-refractivity contribution >= 4 is 11.3 Å². The average Bonchev–Trinajstić information content (AvgIpc) is 3.10. The van der Waals surface area contributed by atoms with Gasteiger partial charge in [-0.2, -0.15) is 0 Å². The van der Waals surface area contributed by atoms with E-state index in [1.54, 1.807) is 0 Å². The zero-order valence-corrected chi connectivity index (χ0v) is 11.6. The molecule has 4 heteroatoms. The van der Waals surface area contributed by atoms with E-state index in [1.807, 2.05) is 11.3 Å². The third kappa shape index (κ3) is 3.12. The summed E-state index contributed by atoms with van der Waals surface area (Å²) in [4.78, 5) is 4.08. The predicted molar refractivity (Wildman–Crippen MR) is 74.7 cm³/mol. The highest BCUT2D eigenvalue weighted by Gasteiger charge is 2.33. The number of thiophene rings is 1. The zero-order valence-electron chi connectivity index (χ0n) is 10.8. The van der Waals surface area contributed by atoms with Gasteiger partial charge in [-0.15, -0.1) is 11.3 Å². The van der Waals surface area contributed by atoms with Crippen LogP contribution in [-0.2, 0) is 11.3 Å². The van der Waals surface area contributed by atoms with E-state index in [0.717, 1.165) is 38.8 Å². The van der Waals surface area contributed by atoms with E-state index in [4.69, 9.17) is 10.5 Å². The lowest BCUT2D eigenvalue weighted by atomic mass is 9.96. The van der Waals surface area contributed by atoms with Gasteiger partial charge in [0.05, 0.1) is 6.61 Å². The van der Waals surface area contributed by atoms with Gasteiger partial charge in [0.2, 0.25) is 0 Å². The molecule has 2 fully saturated rings. The summed E-state index contributed by atoms with van der Waals surface area (Å²) in [5.74, 6) is 0.513. The summed E-state index contributed by atoms with van der Waals surface area (Å²) in [6, 6.07) is 5.49. The molecule has 1 saturated heterocycles. The van der Waals surface area contributed by atoms with E-state index in [-0.39, 0.29) is 0 Å². The first-order valence-electron chi connectivity index (χ1n) is 6.92. The van der Waals surface area contributed by atoms with Crippen molar-refractivity contribution in [1.82, 2.24) is 4.90 Å². The molecule has 1 saturated carbocycles. The highest BCUT2D eigenvalue weighted by atomic mass is 32.1. The van der Waals surface area contributed by atoms with Crippen molar-refractivity contribution in [2.24, 2.45) is 11.7 Å². The Morgan fingerprint density at radius 3 is 2.94 bits per heavy atom. The molecule has 3 rings (SSSR count). The van der Waals surface area contributed by atoms with Gasteiger partial charge in [-0.25, -0.2) is 0 Å². The van der Waals surface area contributed by atoms with Crippen molar-refractivity contribution in [2.45, 2.75) is 37.9 Å². The van der Waals surface area contributed by atoms with Crippen molar-refractivity contribution < 1.29 is 4.74 Å². The molecule has 0 bridgehead atoms. The van der Waals surface area contributed by atoms with Crippen molar-refractivity contribution in [3.05, 3.63) is 22.4 Å². The molecule has 0 amide bonds. The highest BCUT2D eigenvalue weighted by Crippen LogP contribution is 2.30. The summed E-state index contributed by atoms with van der Waals surface area (Å²) < 4.78 is 5.58. The molecule has 100 valence electrons. The third-order valence-electron chi connectivity index (χ3n) is 4.00. The second-order valence-electron chi connectivity index (χ2n) is 5.53. The SMILES string of the molecule is NC1CCOCC1CN(Cc1cccs1)C1CC1. The maximum atomic E-state index is 6.22. The van der Waals surface area contributed by atoms with E-state index in [2.05, 4.69) is 22.4 Å². The Hall–Kier alpha value is -0.420. The zero-order chi connectivity index (χ0) is 12.4. The van der Waals surface area contributed by atoms with Gasteiger partial charge in [-0.1, -0.05) is 6.07 Å². The Balaban J connectivity index is 1.59. The lowest BCUT2D eigenvalue weighted by Gasteiger charge is -2.33. The Morgan fingerprint density at radius 1 is 1.39 bits per heavy atom. The quantitative estimate of drug-likeness (QED) is 0.887. The van der Waals surface area contributed by atoms with Crippen molar-refractivity contribution in [3.63, 3.8) is 0 Å². The molecule has 1 aliphatic carbocycles. The molecule has 18 heavy (non-hydrogen) atoms. The van der Waals surface area contributed by atoms with Gasteiger partial charge in [0, 0.05) is 42.6 Å². The number of hydrogen-bond acceptors (Lipinski definition) is 4. The van der Waals surface area contributed by atoms with Gasteiger partial charge in [-0.05, 0) is 30.7 Å². The maximum Gasteiger partial charge on any atom is 0.0521 e. The lowest BCUT2D eigenvalue weighted by molar-refractivity contribution is 0.0237. The molecule has 2 aliphatic rings. The molecule has 0 spiro atoms. The smallest absolute Gasteiger partial charge is 0.0521 e. The fourth-order valence-corrected chi connectivity index (χ4v) is 3.42. The minimum atomic E-state index is 0.323. The van der Waals surface area contributed by atoms with Crippen LogP contribution in [0.2, 0.25) is 0 Å². The average molecular weight is 266 g/mol. The molecule has 2 N–H and O–H groups in total. The summed E-state index contributed by atoms with van der Waals surface area (Å²) in [5.41, 5.74) is 6.22. The van der Waals surface area contributed by atoms with E-state index < -0.39 is 0 Å². The first-order chi connectivity index (χ1) is 8.83. The van der Waals surface area contributed by atoms with Crippen LogP contribution >= 0.6 is 11.3 Å². The number of rotatable bonds is 5. The highest BCUT2D eigenvalue weighted by molar-refractivity contribution is 7.09. The maximum absolute atomic E-state index is 6.22. The van der Waals surface area contributed by atoms with Crippen LogP contribution in [0, 0.1) is 5.92 Å². The minimum absolute atomic E-state index is 0.323. The number of ether oxygens (including phenoxy) is 1. The Labute approximate surface area is 113 Å². The first-order valence-corrected chi connectivity index (χ1v) is 7.80. The Bertz CT molecular complexity index is 364. The van der Waals surface area contributed by atoms with Crippen LogP contribution in [0.25, 0.3) is 0 Å². The van der Waals surface area contributed by atoms with Gasteiger partial charge in [0.1, 0.15) is 0 Å². The van der Waals surface area contributed by atoms with Crippen molar-refractivity contribution in [1.29, 1.82) is 0 Å². The molecule has 1 aromatic heterocycles. The van der Waals surface area contributed by atoms with Crippen LogP contribution in [0.4, 0.5) is 0 Å². The fourth-order valence-electron chi connectivity index (χ4n) is 2.69. The number of nitrogens with two attached hydrogens (primary N) is 1. The summed E-state index contributed by atoms with van der Waals surface area (Å²) in [5, 5.41) is 2.16. The normalized spacial score (nSPS) is 28.8. The molecule has 1 aliphatic heterocycles. The van der Waals surface area contributed by atoms with Crippen LogP contribution < -0.4 is 5.73 Å². The number of nitrogens with zero attached hydrogens (tertiary/aromatic N) is 1. The number of hydrogen-bond donors (Lipinski definition) is 1. The summed E-state index contributed by atoms with van der Waals surface area (Å²) >= 11 is 1.86. The van der Waals surface area contributed by atoms with Gasteiger partial charge in [-0.3, -0.25) is 4.90 Å². The van der Waals surface area contributed by atoms with Crippen LogP contribution in [0.15, 0.2) is 17.5 Å². The Kier molecular flexibility index (Phi) is 3.99. The summed E-state index contributed by atoms with van der Waals surface area (Å²) in [6.07, 6.45) is 3.73. The van der Waals surface area contributed by atoms with Gasteiger partial charge < -0.3 is 10.5 Å². The van der Waals surface area contributed by atoms with Crippen molar-refractivity contribution in [2.75, 3.05) is 19.8 Å². The lowest BCUT2D eigenvalue weighted by Crippen LogP contribution is -2.45. The van der Waals surface area contributed by atoms with Crippen LogP contribution in [0.1, 0.15) is 24.1 Å². The van der Waals surface area contributed by atoms with E-state index in [9.17, 15) is 0 Å². The molecule has 2 atom stereocenters. The fraction of sp³-hybridized carbons (Fsp3) is 0.714. The molecule has 1 aromatic rings. The first kappa shape index (κ1) is 12.6. The van der Waals surface area contributed by atoms with Gasteiger partial charge in [0.15, 0.2) is 0 Å². The molecular formula is C14H22N2OS. The standard InChI is InChI=1S/C14H22N2OS/c15-14-5-6-17-10-11(14)8-16(12-3-4-12)9-13-2-1-7-18-13/h1-2,7,11-12,14H,3-6,8-10,15H2. The van der Waals surface area contributed by atoms with Crippen LogP contribution in [-0.4, -0.2) is 36.7 Å². The van der Waals surface area contributed by atoms with E-state index in [0.29, 0.717) is 12.0 Å². The molecule has 2 heterocycles. The van der Waals surface area contributed by atoms with Gasteiger partial charge >= 0.3 is 0 Å². The topological polar surface area (TPSA) is 38.5 Å². The molecule has 0 aromatic carbocycles. The Morgan fingerprint density at radius 2 is 2.28 bits per heavy atom. The summed E-state index contributed by atoms with van der Waals surface area (Å²) in [7, 11) is 0. The van der Waals surface area contributed by atoms with E-state index >= 15 is 0 Å². The van der Waals surface area contributed by atoms with Crippen LogP contribution in [0.5, 0.6) is 0 Å². The predicted octanol–water partition coefficient (Wildman–Crippen LogP) is 2.08. The molecule has 3 nitrogen and oxygen atoms in total. The molecule has 0 radical (unpaired) electrons. The molecule has 2 unspecified atom stereocenters. The largest absolute Gasteiger partial charge is 0.381 e. The molecular weight excluding hydrogens is 244 g/mol. The third-order valence-corrected chi connectivity index (χ3v) is 4.87. The van der Waals surface area contributed by atoms with Crippen molar-refractivity contribution in [3.8, 4) is 0 Å². The van der Waals surface area contributed by atoms with Crippen LogP contribution in [0.3, 0.4) is 0 Å². The monoisotopic (exact) mass is 266 g/mol. The minimum Gasteiger partial charge on any atom is -0.381 e. The second-order valence-corrected chi connectivity index (χ2v) is 6.56. The second kappa shape index (κ2) is 5.70. The summed E-state index contributed by atoms with van der Waals surface area (Å²) in [6.45, 7) is 3.87. The van der Waals surface area contributed by atoms with E-state index in [1.165, 1.54) is 17.7 Å². The van der Waals surface area contributed by atoms with Gasteiger partial charge in [0.25, 0.3) is 0 Å².